The molecule has 4 heteroatoms. The number of nitrogens with one attached hydrogen (secondary N) is 1. The second-order valence-electron chi connectivity index (χ2n) is 4.83. The molecule has 0 bridgehead atoms. The monoisotopic (exact) mass is 298 g/mol. The number of nitrogens with two attached hydrogens (primary N) is 1. The summed E-state index contributed by atoms with van der Waals surface area (Å²) >= 11 is 4.86. The molecule has 0 saturated carbocycles. The molecule has 0 saturated heterocycles. The minimum atomic E-state index is -0.0622. The fourth-order valence-corrected chi connectivity index (χ4v) is 2.21. The van der Waals surface area contributed by atoms with Gasteiger partial charge in [-0.2, -0.15) is 0 Å². The Morgan fingerprint density at radius 2 is 1.67 bits per heavy atom. The van der Waals surface area contributed by atoms with E-state index in [1.54, 1.807) is 12.1 Å². The van der Waals surface area contributed by atoms with Crippen LogP contribution in [0.1, 0.15) is 21.5 Å². The van der Waals surface area contributed by atoms with E-state index in [2.05, 4.69) is 17.4 Å². The minimum Gasteiger partial charge on any atom is -0.393 e. The molecule has 0 atom stereocenters. The van der Waals surface area contributed by atoms with Gasteiger partial charge in [-0.3, -0.25) is 4.79 Å². The van der Waals surface area contributed by atoms with E-state index in [4.69, 9.17) is 18.0 Å². The number of hydrogen-bond donors (Lipinski definition) is 2. The van der Waals surface area contributed by atoms with Gasteiger partial charge in [0.05, 0.1) is 4.99 Å². The molecule has 0 radical (unpaired) electrons. The lowest BCUT2D eigenvalue weighted by molar-refractivity contribution is 0.0954. The molecule has 0 aliphatic rings. The maximum atomic E-state index is 12.0. The van der Waals surface area contributed by atoms with Crippen molar-refractivity contribution in [1.82, 2.24) is 5.32 Å². The average molecular weight is 298 g/mol. The zero-order valence-corrected chi connectivity index (χ0v) is 12.5. The molecule has 3 nitrogen and oxygen atoms in total. The van der Waals surface area contributed by atoms with Gasteiger partial charge in [-0.15, -0.1) is 0 Å². The molecule has 0 unspecified atom stereocenters. The molecule has 21 heavy (non-hydrogen) atoms. The fraction of sp³-hybridized carbons (Fsp3) is 0.176. The van der Waals surface area contributed by atoms with E-state index in [-0.39, 0.29) is 5.91 Å². The zero-order valence-electron chi connectivity index (χ0n) is 11.7. The van der Waals surface area contributed by atoms with Gasteiger partial charge in [-0.1, -0.05) is 54.7 Å². The summed E-state index contributed by atoms with van der Waals surface area (Å²) in [5.41, 5.74) is 8.37. The van der Waals surface area contributed by atoms with Gasteiger partial charge in [0.2, 0.25) is 0 Å². The van der Waals surface area contributed by atoms with E-state index in [1.165, 1.54) is 5.56 Å². The Kier molecular flexibility index (Phi) is 5.46. The zero-order chi connectivity index (χ0) is 15.1. The quantitative estimate of drug-likeness (QED) is 0.806. The third kappa shape index (κ3) is 5.00. The normalized spacial score (nSPS) is 10.1. The van der Waals surface area contributed by atoms with Crippen LogP contribution in [0.2, 0.25) is 0 Å². The maximum Gasteiger partial charge on any atom is 0.251 e. The van der Waals surface area contributed by atoms with Crippen LogP contribution in [0, 0.1) is 0 Å². The molecule has 1 amide bonds. The van der Waals surface area contributed by atoms with E-state index in [9.17, 15) is 4.79 Å². The van der Waals surface area contributed by atoms with Crippen molar-refractivity contribution in [3.05, 3.63) is 71.3 Å². The number of thiocarbonyl (C=S) groups is 1. The minimum absolute atomic E-state index is 0.0622. The van der Waals surface area contributed by atoms with E-state index in [0.29, 0.717) is 23.5 Å². The van der Waals surface area contributed by atoms with Crippen molar-refractivity contribution in [3.8, 4) is 0 Å². The molecule has 0 heterocycles. The van der Waals surface area contributed by atoms with Gasteiger partial charge < -0.3 is 11.1 Å². The van der Waals surface area contributed by atoms with E-state index >= 15 is 0 Å². The lowest BCUT2D eigenvalue weighted by atomic mass is 10.1. The molecule has 2 aromatic rings. The Morgan fingerprint density at radius 1 is 1.00 bits per heavy atom. The first kappa shape index (κ1) is 15.2. The van der Waals surface area contributed by atoms with Crippen LogP contribution in [0.25, 0.3) is 0 Å². The smallest absolute Gasteiger partial charge is 0.251 e. The second-order valence-corrected chi connectivity index (χ2v) is 5.36. The third-order valence-corrected chi connectivity index (χ3v) is 3.28. The largest absolute Gasteiger partial charge is 0.393 e. The molecule has 108 valence electrons. The molecular formula is C17H18N2OS. The Balaban J connectivity index is 1.84. The van der Waals surface area contributed by atoms with Gasteiger partial charge in [-0.05, 0) is 29.7 Å². The molecule has 0 aliphatic heterocycles. The number of carbonyl (C=O) groups excluding carboxylic acids is 1. The number of carbonyl (C=O) groups is 1. The Bertz CT molecular complexity index is 608. The van der Waals surface area contributed by atoms with Crippen molar-refractivity contribution >= 4 is 23.1 Å². The van der Waals surface area contributed by atoms with Crippen LogP contribution in [0.4, 0.5) is 0 Å². The highest BCUT2D eigenvalue weighted by Crippen LogP contribution is 2.06. The van der Waals surface area contributed by atoms with Gasteiger partial charge in [0, 0.05) is 18.5 Å². The molecule has 2 aromatic carbocycles. The van der Waals surface area contributed by atoms with Crippen molar-refractivity contribution in [2.24, 2.45) is 5.73 Å². The van der Waals surface area contributed by atoms with Crippen molar-refractivity contribution in [2.75, 3.05) is 6.54 Å². The van der Waals surface area contributed by atoms with E-state index in [1.807, 2.05) is 30.3 Å². The van der Waals surface area contributed by atoms with Gasteiger partial charge in [0.15, 0.2) is 0 Å². The summed E-state index contributed by atoms with van der Waals surface area (Å²) in [6.45, 7) is 0.623. The van der Waals surface area contributed by atoms with Crippen LogP contribution >= 0.6 is 12.2 Å². The summed E-state index contributed by atoms with van der Waals surface area (Å²) in [6.07, 6.45) is 1.39. The third-order valence-electron chi connectivity index (χ3n) is 3.14. The molecule has 0 fully saturated rings. The highest BCUT2D eigenvalue weighted by Gasteiger charge is 2.05. The van der Waals surface area contributed by atoms with Crippen LogP contribution in [0.5, 0.6) is 0 Å². The summed E-state index contributed by atoms with van der Waals surface area (Å²) < 4.78 is 0. The van der Waals surface area contributed by atoms with Crippen LogP contribution in [0.15, 0.2) is 54.6 Å². The summed E-state index contributed by atoms with van der Waals surface area (Å²) in [4.78, 5) is 12.5. The van der Waals surface area contributed by atoms with Crippen molar-refractivity contribution in [1.29, 1.82) is 0 Å². The first-order valence-corrected chi connectivity index (χ1v) is 7.25. The van der Waals surface area contributed by atoms with Gasteiger partial charge >= 0.3 is 0 Å². The highest BCUT2D eigenvalue weighted by molar-refractivity contribution is 7.80. The summed E-state index contributed by atoms with van der Waals surface area (Å²) in [5.74, 6) is -0.0622. The predicted octanol–water partition coefficient (Wildman–Crippen LogP) is 2.49. The van der Waals surface area contributed by atoms with Crippen molar-refractivity contribution in [3.63, 3.8) is 0 Å². The SMILES string of the molecule is NC(=S)Cc1ccc(C(=O)NCCc2ccccc2)cc1. The topological polar surface area (TPSA) is 55.1 Å². The van der Waals surface area contributed by atoms with Crippen molar-refractivity contribution in [2.45, 2.75) is 12.8 Å². The molecule has 0 aromatic heterocycles. The number of amides is 1. The first-order valence-electron chi connectivity index (χ1n) is 6.84. The van der Waals surface area contributed by atoms with Gasteiger partial charge in [0.25, 0.3) is 5.91 Å². The van der Waals surface area contributed by atoms with Gasteiger partial charge in [-0.25, -0.2) is 0 Å². The standard InChI is InChI=1S/C17H18N2OS/c18-16(21)12-14-6-8-15(9-7-14)17(20)19-11-10-13-4-2-1-3-5-13/h1-9H,10-12H2,(H2,18,21)(H,19,20). The highest BCUT2D eigenvalue weighted by atomic mass is 32.1. The fourth-order valence-electron chi connectivity index (χ4n) is 2.04. The number of hydrogen-bond acceptors (Lipinski definition) is 2. The van der Waals surface area contributed by atoms with E-state index in [0.717, 1.165) is 12.0 Å². The summed E-state index contributed by atoms with van der Waals surface area (Å²) in [6, 6.07) is 17.4. The van der Waals surface area contributed by atoms with Crippen LogP contribution in [-0.4, -0.2) is 17.4 Å². The maximum absolute atomic E-state index is 12.0. The molecule has 0 aliphatic carbocycles. The van der Waals surface area contributed by atoms with Crippen LogP contribution in [0.3, 0.4) is 0 Å². The molecule has 3 N–H and O–H groups in total. The van der Waals surface area contributed by atoms with Crippen LogP contribution < -0.4 is 11.1 Å². The van der Waals surface area contributed by atoms with Crippen molar-refractivity contribution < 1.29 is 4.79 Å². The molecular weight excluding hydrogens is 280 g/mol. The van der Waals surface area contributed by atoms with Crippen LogP contribution in [-0.2, 0) is 12.8 Å². The lowest BCUT2D eigenvalue weighted by Crippen LogP contribution is -2.25. The Labute approximate surface area is 130 Å². The molecule has 2 rings (SSSR count). The second kappa shape index (κ2) is 7.55. The molecule has 0 spiro atoms. The predicted molar refractivity (Wildman–Crippen MR) is 89.4 cm³/mol. The Morgan fingerprint density at radius 3 is 2.29 bits per heavy atom. The number of benzene rings is 2. The lowest BCUT2D eigenvalue weighted by Gasteiger charge is -2.06. The summed E-state index contributed by atoms with van der Waals surface area (Å²) in [5, 5.41) is 2.92. The summed E-state index contributed by atoms with van der Waals surface area (Å²) in [7, 11) is 0. The first-order chi connectivity index (χ1) is 10.1. The average Bonchev–Trinajstić information content (AvgIpc) is 2.48. The van der Waals surface area contributed by atoms with Gasteiger partial charge in [0.1, 0.15) is 0 Å². The number of rotatable bonds is 6. The van der Waals surface area contributed by atoms with E-state index < -0.39 is 0 Å². The Hall–Kier alpha value is -2.20.